The van der Waals surface area contributed by atoms with Gasteiger partial charge in [-0.25, -0.2) is 0 Å². The molecule has 0 aromatic heterocycles. The van der Waals surface area contributed by atoms with Gasteiger partial charge in [0.2, 0.25) is 5.91 Å². The molecule has 1 N–H and O–H groups in total. The Labute approximate surface area is 145 Å². The molecule has 0 bridgehead atoms. The van der Waals surface area contributed by atoms with E-state index in [1.54, 1.807) is 0 Å². The quantitative estimate of drug-likeness (QED) is 0.923. The zero-order chi connectivity index (χ0) is 17.1. The predicted octanol–water partition coefficient (Wildman–Crippen LogP) is 2.85. The number of hydrogen-bond donors (Lipinski definition) is 1. The minimum absolute atomic E-state index is 0.0561. The van der Waals surface area contributed by atoms with E-state index in [0.717, 1.165) is 13.1 Å². The lowest BCUT2D eigenvalue weighted by Gasteiger charge is -2.35. The molecule has 1 saturated heterocycles. The van der Waals surface area contributed by atoms with Gasteiger partial charge in [0, 0.05) is 13.1 Å². The van der Waals surface area contributed by atoms with Gasteiger partial charge in [0.05, 0.1) is 24.8 Å². The van der Waals surface area contributed by atoms with Crippen LogP contribution >= 0.6 is 0 Å². The number of carbonyl (C=O) groups excluding carboxylic acids is 1. The number of ether oxygens (including phenoxy) is 1. The highest BCUT2D eigenvalue weighted by Gasteiger charge is 2.24. The smallest absolute Gasteiger partial charge is 0.234 e. The van der Waals surface area contributed by atoms with Crippen LogP contribution in [0, 0.1) is 0 Å². The first-order valence-corrected chi connectivity index (χ1v) is 9.30. The van der Waals surface area contributed by atoms with Crippen molar-refractivity contribution in [2.24, 2.45) is 0 Å². The Morgan fingerprint density at radius 3 is 2.58 bits per heavy atom. The third-order valence-corrected chi connectivity index (χ3v) is 5.11. The number of fused-ring (bicyclic) bond motifs is 1. The molecule has 4 nitrogen and oxygen atoms in total. The zero-order valence-corrected chi connectivity index (χ0v) is 15.2. The van der Waals surface area contributed by atoms with Crippen LogP contribution in [0.1, 0.15) is 56.3 Å². The predicted molar refractivity (Wildman–Crippen MR) is 96.1 cm³/mol. The number of rotatable bonds is 4. The molecular formula is C20H30N2O2. The van der Waals surface area contributed by atoms with Crippen molar-refractivity contribution in [1.29, 1.82) is 0 Å². The number of benzene rings is 1. The normalized spacial score (nSPS) is 25.8. The highest BCUT2D eigenvalue weighted by atomic mass is 16.5. The van der Waals surface area contributed by atoms with E-state index in [0.29, 0.717) is 6.54 Å². The molecule has 0 unspecified atom stereocenters. The fourth-order valence-electron chi connectivity index (χ4n) is 4.01. The van der Waals surface area contributed by atoms with Crippen LogP contribution in [0.15, 0.2) is 18.2 Å². The lowest BCUT2D eigenvalue weighted by atomic mass is 9.89. The number of amides is 1. The van der Waals surface area contributed by atoms with E-state index in [2.05, 4.69) is 49.2 Å². The zero-order valence-electron chi connectivity index (χ0n) is 15.2. The SMILES string of the molecule is C[C@@H]1CN(CC(=O)N[C@H](C)c2ccc3c(c2)CCCC3)C[C@@H](C)O1. The maximum Gasteiger partial charge on any atom is 0.234 e. The molecule has 1 amide bonds. The van der Waals surface area contributed by atoms with Crippen LogP contribution in [0.2, 0.25) is 0 Å². The van der Waals surface area contributed by atoms with E-state index in [9.17, 15) is 4.79 Å². The Morgan fingerprint density at radius 1 is 1.21 bits per heavy atom. The second kappa shape index (κ2) is 7.66. The topological polar surface area (TPSA) is 41.6 Å². The van der Waals surface area contributed by atoms with Gasteiger partial charge >= 0.3 is 0 Å². The van der Waals surface area contributed by atoms with Gasteiger partial charge in [0.1, 0.15) is 0 Å². The Morgan fingerprint density at radius 2 is 1.88 bits per heavy atom. The van der Waals surface area contributed by atoms with Crippen LogP contribution < -0.4 is 5.32 Å². The number of nitrogens with zero attached hydrogens (tertiary/aromatic N) is 1. The summed E-state index contributed by atoms with van der Waals surface area (Å²) in [5.74, 6) is 0.0986. The van der Waals surface area contributed by atoms with Crippen molar-refractivity contribution in [3.8, 4) is 0 Å². The van der Waals surface area contributed by atoms with E-state index in [4.69, 9.17) is 4.74 Å². The number of aryl methyl sites for hydroxylation is 2. The highest BCUT2D eigenvalue weighted by molar-refractivity contribution is 5.78. The first kappa shape index (κ1) is 17.4. The number of nitrogens with one attached hydrogen (secondary N) is 1. The molecule has 1 aromatic carbocycles. The Hall–Kier alpha value is -1.39. The number of carbonyl (C=O) groups is 1. The number of morpholine rings is 1. The van der Waals surface area contributed by atoms with E-state index in [1.807, 2.05) is 0 Å². The summed E-state index contributed by atoms with van der Waals surface area (Å²) in [6.07, 6.45) is 5.34. The maximum atomic E-state index is 12.4. The van der Waals surface area contributed by atoms with E-state index < -0.39 is 0 Å². The van der Waals surface area contributed by atoms with Gasteiger partial charge in [-0.05, 0) is 63.1 Å². The molecule has 0 saturated carbocycles. The third-order valence-electron chi connectivity index (χ3n) is 5.11. The molecule has 2 aliphatic rings. The van der Waals surface area contributed by atoms with Gasteiger partial charge in [-0.1, -0.05) is 18.2 Å². The molecule has 3 atom stereocenters. The summed E-state index contributed by atoms with van der Waals surface area (Å²) >= 11 is 0. The first-order chi connectivity index (χ1) is 11.5. The van der Waals surface area contributed by atoms with Crippen LogP contribution in [0.5, 0.6) is 0 Å². The standard InChI is InChI=1S/C20H30N2O2/c1-14-11-22(12-15(2)24-14)13-20(23)21-16(3)18-9-8-17-6-4-5-7-19(17)10-18/h8-10,14-16H,4-7,11-13H2,1-3H3,(H,21,23)/t14-,15-,16-/m1/s1. The molecule has 1 aromatic rings. The summed E-state index contributed by atoms with van der Waals surface area (Å²) in [6, 6.07) is 6.77. The van der Waals surface area contributed by atoms with Gasteiger partial charge in [0.25, 0.3) is 0 Å². The summed E-state index contributed by atoms with van der Waals surface area (Å²) in [5.41, 5.74) is 4.17. The Kier molecular flexibility index (Phi) is 5.57. The van der Waals surface area contributed by atoms with Crippen molar-refractivity contribution in [2.75, 3.05) is 19.6 Å². The van der Waals surface area contributed by atoms with Crippen molar-refractivity contribution in [2.45, 2.75) is 64.7 Å². The highest BCUT2D eigenvalue weighted by Crippen LogP contribution is 2.24. The molecular weight excluding hydrogens is 300 g/mol. The lowest BCUT2D eigenvalue weighted by Crippen LogP contribution is -2.49. The average molecular weight is 330 g/mol. The van der Waals surface area contributed by atoms with Gasteiger partial charge < -0.3 is 10.1 Å². The van der Waals surface area contributed by atoms with Gasteiger partial charge in [-0.2, -0.15) is 0 Å². The van der Waals surface area contributed by atoms with Gasteiger partial charge in [-0.15, -0.1) is 0 Å². The van der Waals surface area contributed by atoms with Crippen molar-refractivity contribution < 1.29 is 9.53 Å². The van der Waals surface area contributed by atoms with Crippen LogP contribution in [0.4, 0.5) is 0 Å². The van der Waals surface area contributed by atoms with Crippen molar-refractivity contribution in [1.82, 2.24) is 10.2 Å². The second-order valence-corrected chi connectivity index (χ2v) is 7.48. The average Bonchev–Trinajstić information content (AvgIpc) is 2.53. The molecule has 0 radical (unpaired) electrons. The van der Waals surface area contributed by atoms with Crippen LogP contribution in [-0.4, -0.2) is 42.6 Å². The van der Waals surface area contributed by atoms with Gasteiger partial charge in [-0.3, -0.25) is 9.69 Å². The summed E-state index contributed by atoms with van der Waals surface area (Å²) in [6.45, 7) is 8.31. The third kappa shape index (κ3) is 4.37. The fraction of sp³-hybridized carbons (Fsp3) is 0.650. The fourth-order valence-corrected chi connectivity index (χ4v) is 4.01. The Balaban J connectivity index is 1.56. The summed E-state index contributed by atoms with van der Waals surface area (Å²) in [5, 5.41) is 3.16. The van der Waals surface area contributed by atoms with Crippen molar-refractivity contribution >= 4 is 5.91 Å². The summed E-state index contributed by atoms with van der Waals surface area (Å²) < 4.78 is 5.73. The minimum Gasteiger partial charge on any atom is -0.373 e. The van der Waals surface area contributed by atoms with Crippen LogP contribution in [-0.2, 0) is 22.4 Å². The first-order valence-electron chi connectivity index (χ1n) is 9.30. The Bertz CT molecular complexity index is 577. The summed E-state index contributed by atoms with van der Waals surface area (Å²) in [7, 11) is 0. The van der Waals surface area contributed by atoms with E-state index in [-0.39, 0.29) is 24.2 Å². The van der Waals surface area contributed by atoms with Crippen LogP contribution in [0.3, 0.4) is 0 Å². The molecule has 4 heteroatoms. The van der Waals surface area contributed by atoms with Crippen molar-refractivity contribution in [3.63, 3.8) is 0 Å². The molecule has 1 fully saturated rings. The molecule has 1 aliphatic carbocycles. The molecule has 1 aliphatic heterocycles. The van der Waals surface area contributed by atoms with E-state index in [1.165, 1.54) is 42.4 Å². The van der Waals surface area contributed by atoms with Crippen LogP contribution in [0.25, 0.3) is 0 Å². The van der Waals surface area contributed by atoms with E-state index >= 15 is 0 Å². The molecule has 0 spiro atoms. The molecule has 1 heterocycles. The molecule has 132 valence electrons. The number of hydrogen-bond acceptors (Lipinski definition) is 3. The minimum atomic E-state index is 0.0561. The van der Waals surface area contributed by atoms with Gasteiger partial charge in [0.15, 0.2) is 0 Å². The largest absolute Gasteiger partial charge is 0.373 e. The maximum absolute atomic E-state index is 12.4. The lowest BCUT2D eigenvalue weighted by molar-refractivity contribution is -0.126. The van der Waals surface area contributed by atoms with Crippen molar-refractivity contribution in [3.05, 3.63) is 34.9 Å². The summed E-state index contributed by atoms with van der Waals surface area (Å²) in [4.78, 5) is 14.6. The second-order valence-electron chi connectivity index (χ2n) is 7.48. The molecule has 24 heavy (non-hydrogen) atoms. The monoisotopic (exact) mass is 330 g/mol. The molecule has 3 rings (SSSR count).